The lowest BCUT2D eigenvalue weighted by Gasteiger charge is -1.95. The van der Waals surface area contributed by atoms with Crippen LogP contribution in [0.4, 0.5) is 13.9 Å². The Bertz CT molecular complexity index is 483. The standard InChI is InChI=1S/C7H3BrF2N2S/c8-4-2(9)1-3(10)6-5(4)12-7(11)13-6/h1H,(H2,11,12). The Kier molecular flexibility index (Phi) is 1.96. The molecule has 0 spiro atoms. The lowest BCUT2D eigenvalue weighted by atomic mass is 10.3. The molecule has 2 rings (SSSR count). The maximum Gasteiger partial charge on any atom is 0.181 e. The summed E-state index contributed by atoms with van der Waals surface area (Å²) in [6.45, 7) is 0. The molecule has 6 heteroatoms. The second-order valence-electron chi connectivity index (χ2n) is 2.38. The van der Waals surface area contributed by atoms with Crippen LogP contribution in [0.5, 0.6) is 0 Å². The Morgan fingerprint density at radius 2 is 2.08 bits per heavy atom. The zero-order chi connectivity index (χ0) is 9.59. The molecule has 0 atom stereocenters. The average Bonchev–Trinajstić information content (AvgIpc) is 2.44. The number of nitrogens with two attached hydrogens (primary N) is 1. The predicted octanol–water partition coefficient (Wildman–Crippen LogP) is 2.92. The van der Waals surface area contributed by atoms with E-state index in [1.54, 1.807) is 0 Å². The molecule has 1 aromatic carbocycles. The lowest BCUT2D eigenvalue weighted by molar-refractivity contribution is 0.588. The molecule has 0 aliphatic carbocycles. The quantitative estimate of drug-likeness (QED) is 0.744. The minimum atomic E-state index is -0.671. The van der Waals surface area contributed by atoms with E-state index in [4.69, 9.17) is 5.73 Å². The molecule has 2 nitrogen and oxygen atoms in total. The van der Waals surface area contributed by atoms with Crippen molar-refractivity contribution in [2.45, 2.75) is 0 Å². The van der Waals surface area contributed by atoms with Gasteiger partial charge in [-0.1, -0.05) is 11.3 Å². The van der Waals surface area contributed by atoms with E-state index in [0.29, 0.717) is 0 Å². The predicted molar refractivity (Wildman–Crippen MR) is 51.6 cm³/mol. The van der Waals surface area contributed by atoms with Gasteiger partial charge in [-0.25, -0.2) is 13.8 Å². The molecule has 0 bridgehead atoms. The van der Waals surface area contributed by atoms with Crippen LogP contribution >= 0.6 is 27.3 Å². The van der Waals surface area contributed by atoms with Crippen LogP contribution in [0.3, 0.4) is 0 Å². The topological polar surface area (TPSA) is 38.9 Å². The first-order valence-electron chi connectivity index (χ1n) is 3.29. The molecular formula is C7H3BrF2N2S. The van der Waals surface area contributed by atoms with Gasteiger partial charge >= 0.3 is 0 Å². The van der Waals surface area contributed by atoms with E-state index in [1.165, 1.54) is 0 Å². The van der Waals surface area contributed by atoms with Crippen LogP contribution in [0.15, 0.2) is 10.5 Å². The van der Waals surface area contributed by atoms with Gasteiger partial charge in [0.05, 0.1) is 9.17 Å². The van der Waals surface area contributed by atoms with Crippen molar-refractivity contribution in [3.8, 4) is 0 Å². The van der Waals surface area contributed by atoms with Crippen LogP contribution in [-0.4, -0.2) is 4.98 Å². The van der Waals surface area contributed by atoms with Crippen LogP contribution in [0.2, 0.25) is 0 Å². The van der Waals surface area contributed by atoms with E-state index in [1.807, 2.05) is 0 Å². The van der Waals surface area contributed by atoms with Crippen molar-refractivity contribution >= 4 is 42.6 Å². The number of aromatic nitrogens is 1. The van der Waals surface area contributed by atoms with Gasteiger partial charge in [-0.3, -0.25) is 0 Å². The van der Waals surface area contributed by atoms with Crippen molar-refractivity contribution in [2.75, 3.05) is 5.73 Å². The van der Waals surface area contributed by atoms with Crippen LogP contribution < -0.4 is 5.73 Å². The number of thiazole rings is 1. The largest absolute Gasteiger partial charge is 0.375 e. The number of nitrogens with zero attached hydrogens (tertiary/aromatic N) is 1. The number of hydrogen-bond acceptors (Lipinski definition) is 3. The first kappa shape index (κ1) is 8.83. The summed E-state index contributed by atoms with van der Waals surface area (Å²) >= 11 is 3.97. The third-order valence-corrected chi connectivity index (χ3v) is 3.18. The van der Waals surface area contributed by atoms with Crippen molar-refractivity contribution in [1.29, 1.82) is 0 Å². The second-order valence-corrected chi connectivity index (χ2v) is 4.21. The van der Waals surface area contributed by atoms with Gasteiger partial charge in [0.1, 0.15) is 17.2 Å². The van der Waals surface area contributed by atoms with Crippen LogP contribution in [0.1, 0.15) is 0 Å². The van der Waals surface area contributed by atoms with E-state index >= 15 is 0 Å². The molecule has 0 fully saturated rings. The highest BCUT2D eigenvalue weighted by Gasteiger charge is 2.14. The highest BCUT2D eigenvalue weighted by Crippen LogP contribution is 2.33. The third kappa shape index (κ3) is 1.30. The maximum atomic E-state index is 13.1. The molecule has 0 radical (unpaired) electrons. The number of halogens is 3. The zero-order valence-electron chi connectivity index (χ0n) is 6.14. The molecule has 0 aliphatic rings. The van der Waals surface area contributed by atoms with Gasteiger partial charge in [0.25, 0.3) is 0 Å². The van der Waals surface area contributed by atoms with Crippen LogP contribution in [0, 0.1) is 11.6 Å². The molecule has 0 amide bonds. The van der Waals surface area contributed by atoms with Gasteiger partial charge in [0.2, 0.25) is 0 Å². The van der Waals surface area contributed by atoms with Crippen LogP contribution in [0.25, 0.3) is 10.2 Å². The zero-order valence-corrected chi connectivity index (χ0v) is 8.55. The van der Waals surface area contributed by atoms with Gasteiger partial charge in [-0.15, -0.1) is 0 Å². The molecule has 13 heavy (non-hydrogen) atoms. The fourth-order valence-corrected chi connectivity index (χ4v) is 2.28. The number of nitrogen functional groups attached to an aromatic ring is 1. The fraction of sp³-hybridized carbons (Fsp3) is 0. The number of fused-ring (bicyclic) bond motifs is 1. The van der Waals surface area contributed by atoms with Crippen LogP contribution in [-0.2, 0) is 0 Å². The Balaban J connectivity index is 2.95. The first-order valence-corrected chi connectivity index (χ1v) is 4.90. The minimum absolute atomic E-state index is 0.150. The Labute approximate surface area is 84.5 Å². The molecule has 68 valence electrons. The molecule has 1 heterocycles. The summed E-state index contributed by atoms with van der Waals surface area (Å²) in [6.07, 6.45) is 0. The van der Waals surface area contributed by atoms with Crippen molar-refractivity contribution in [3.63, 3.8) is 0 Å². The van der Waals surface area contributed by atoms with E-state index < -0.39 is 11.6 Å². The minimum Gasteiger partial charge on any atom is -0.375 e. The summed E-state index contributed by atoms with van der Waals surface area (Å²) in [5.74, 6) is -1.31. The molecule has 0 unspecified atom stereocenters. The smallest absolute Gasteiger partial charge is 0.181 e. The lowest BCUT2D eigenvalue weighted by Crippen LogP contribution is -1.84. The Morgan fingerprint density at radius 3 is 2.77 bits per heavy atom. The van der Waals surface area contributed by atoms with E-state index in [2.05, 4.69) is 20.9 Å². The number of benzene rings is 1. The summed E-state index contributed by atoms with van der Waals surface area (Å²) in [4.78, 5) is 3.80. The van der Waals surface area contributed by atoms with Crippen molar-refractivity contribution < 1.29 is 8.78 Å². The Hall–Kier alpha value is -0.750. The van der Waals surface area contributed by atoms with E-state index in [-0.39, 0.29) is 19.8 Å². The van der Waals surface area contributed by atoms with Crippen molar-refractivity contribution in [2.24, 2.45) is 0 Å². The molecular weight excluding hydrogens is 262 g/mol. The highest BCUT2D eigenvalue weighted by atomic mass is 79.9. The van der Waals surface area contributed by atoms with Gasteiger partial charge < -0.3 is 5.73 Å². The number of hydrogen-bond donors (Lipinski definition) is 1. The molecule has 0 saturated heterocycles. The first-order chi connectivity index (χ1) is 6.09. The highest BCUT2D eigenvalue weighted by molar-refractivity contribution is 9.10. The van der Waals surface area contributed by atoms with Crippen molar-refractivity contribution in [3.05, 3.63) is 22.2 Å². The fourth-order valence-electron chi connectivity index (χ4n) is 1.00. The van der Waals surface area contributed by atoms with Crippen molar-refractivity contribution in [1.82, 2.24) is 4.98 Å². The number of rotatable bonds is 0. The normalized spacial score (nSPS) is 11.0. The van der Waals surface area contributed by atoms with Gasteiger partial charge in [-0.2, -0.15) is 0 Å². The molecule has 2 aromatic rings. The van der Waals surface area contributed by atoms with E-state index in [9.17, 15) is 8.78 Å². The van der Waals surface area contributed by atoms with Gasteiger partial charge in [-0.05, 0) is 15.9 Å². The molecule has 0 aliphatic heterocycles. The SMILES string of the molecule is Nc1nc2c(Br)c(F)cc(F)c2s1. The number of anilines is 1. The monoisotopic (exact) mass is 264 g/mol. The molecule has 2 N–H and O–H groups in total. The second kappa shape index (κ2) is 2.88. The summed E-state index contributed by atoms with van der Waals surface area (Å²) in [7, 11) is 0. The Morgan fingerprint density at radius 1 is 1.38 bits per heavy atom. The molecule has 0 saturated carbocycles. The third-order valence-electron chi connectivity index (χ3n) is 1.53. The summed E-state index contributed by atoms with van der Waals surface area (Å²) in [5, 5.41) is 0.222. The molecule has 1 aromatic heterocycles. The summed E-state index contributed by atoms with van der Waals surface area (Å²) < 4.78 is 26.5. The average molecular weight is 265 g/mol. The maximum absolute atomic E-state index is 13.1. The van der Waals surface area contributed by atoms with Gasteiger partial charge in [0, 0.05) is 6.07 Å². The van der Waals surface area contributed by atoms with Gasteiger partial charge in [0.15, 0.2) is 5.13 Å². The summed E-state index contributed by atoms with van der Waals surface area (Å²) in [5.41, 5.74) is 5.61. The summed E-state index contributed by atoms with van der Waals surface area (Å²) in [6, 6.07) is 0.810. The van der Waals surface area contributed by atoms with E-state index in [0.717, 1.165) is 17.4 Å².